The first-order chi connectivity index (χ1) is 7.92. The number of benzene rings is 1. The fourth-order valence-corrected chi connectivity index (χ4v) is 1.77. The van der Waals surface area contributed by atoms with Gasteiger partial charge in [0.2, 0.25) is 0 Å². The zero-order valence-electron chi connectivity index (χ0n) is 9.04. The molecule has 1 heterocycles. The van der Waals surface area contributed by atoms with Gasteiger partial charge in [-0.3, -0.25) is 0 Å². The monoisotopic (exact) mass is 214 g/mol. The van der Waals surface area contributed by atoms with Crippen molar-refractivity contribution in [3.05, 3.63) is 42.7 Å². The predicted octanol–water partition coefficient (Wildman–Crippen LogP) is 2.80. The Morgan fingerprint density at radius 2 is 2.00 bits per heavy atom. The highest BCUT2D eigenvalue weighted by molar-refractivity contribution is 5.32. The molecule has 1 fully saturated rings. The van der Waals surface area contributed by atoms with Gasteiger partial charge in [-0.1, -0.05) is 18.2 Å². The fourth-order valence-electron chi connectivity index (χ4n) is 1.77. The second-order valence-electron chi connectivity index (χ2n) is 4.13. The minimum Gasteiger partial charge on any atom is -0.487 e. The van der Waals surface area contributed by atoms with E-state index in [1.807, 2.05) is 41.2 Å². The van der Waals surface area contributed by atoms with Crippen molar-refractivity contribution in [2.75, 3.05) is 0 Å². The van der Waals surface area contributed by atoms with E-state index in [4.69, 9.17) is 4.74 Å². The van der Waals surface area contributed by atoms with Crippen molar-refractivity contribution in [1.82, 2.24) is 9.78 Å². The Kier molecular flexibility index (Phi) is 2.37. The normalized spacial score (nSPS) is 15.8. The van der Waals surface area contributed by atoms with E-state index >= 15 is 0 Å². The Morgan fingerprint density at radius 3 is 2.69 bits per heavy atom. The molecule has 0 unspecified atom stereocenters. The van der Waals surface area contributed by atoms with E-state index in [1.165, 1.54) is 19.3 Å². The van der Waals surface area contributed by atoms with E-state index in [0.717, 1.165) is 11.4 Å². The molecule has 0 N–H and O–H groups in total. The van der Waals surface area contributed by atoms with Crippen LogP contribution in [-0.4, -0.2) is 15.9 Å². The van der Waals surface area contributed by atoms with Crippen LogP contribution in [0.3, 0.4) is 0 Å². The second kappa shape index (κ2) is 4.00. The first kappa shape index (κ1) is 9.46. The lowest BCUT2D eigenvalue weighted by atomic mass is 9.96. The van der Waals surface area contributed by atoms with E-state index in [9.17, 15) is 0 Å². The van der Waals surface area contributed by atoms with Crippen molar-refractivity contribution in [2.24, 2.45) is 0 Å². The number of hydrogen-bond acceptors (Lipinski definition) is 2. The van der Waals surface area contributed by atoms with Gasteiger partial charge in [-0.2, -0.15) is 5.10 Å². The van der Waals surface area contributed by atoms with E-state index < -0.39 is 0 Å². The van der Waals surface area contributed by atoms with E-state index in [-0.39, 0.29) is 0 Å². The van der Waals surface area contributed by atoms with Crippen LogP contribution in [0, 0.1) is 0 Å². The van der Waals surface area contributed by atoms with Crippen molar-refractivity contribution < 1.29 is 4.74 Å². The largest absolute Gasteiger partial charge is 0.487 e. The molecule has 1 saturated carbocycles. The lowest BCUT2D eigenvalue weighted by Gasteiger charge is -2.25. The zero-order valence-corrected chi connectivity index (χ0v) is 9.04. The number of ether oxygens (including phenoxy) is 1. The van der Waals surface area contributed by atoms with E-state index in [1.54, 1.807) is 6.20 Å². The third-order valence-corrected chi connectivity index (χ3v) is 2.93. The summed E-state index contributed by atoms with van der Waals surface area (Å²) >= 11 is 0. The molecule has 0 radical (unpaired) electrons. The quantitative estimate of drug-likeness (QED) is 0.785. The number of para-hydroxylation sites is 1. The molecule has 0 spiro atoms. The van der Waals surface area contributed by atoms with Crippen molar-refractivity contribution in [2.45, 2.75) is 25.4 Å². The van der Waals surface area contributed by atoms with E-state index in [2.05, 4.69) is 5.10 Å². The zero-order chi connectivity index (χ0) is 10.8. The maximum absolute atomic E-state index is 5.77. The summed E-state index contributed by atoms with van der Waals surface area (Å²) in [5.41, 5.74) is 1.06. The van der Waals surface area contributed by atoms with Crippen LogP contribution in [0.25, 0.3) is 5.69 Å². The standard InChI is InChI=1S/C13H14N2O/c1-2-5-11(6-3-1)15-10-13(9-14-15)16-12-7-4-8-12/h1-3,5-6,9-10,12H,4,7-8H2. The van der Waals surface area contributed by atoms with Gasteiger partial charge in [0.05, 0.1) is 24.2 Å². The van der Waals surface area contributed by atoms with Crippen LogP contribution in [0.1, 0.15) is 19.3 Å². The highest BCUT2D eigenvalue weighted by atomic mass is 16.5. The van der Waals surface area contributed by atoms with Crippen LogP contribution >= 0.6 is 0 Å². The van der Waals surface area contributed by atoms with E-state index in [0.29, 0.717) is 6.10 Å². The maximum Gasteiger partial charge on any atom is 0.158 e. The van der Waals surface area contributed by atoms with Gasteiger partial charge in [0.15, 0.2) is 5.75 Å². The van der Waals surface area contributed by atoms with Crippen LogP contribution in [0.5, 0.6) is 5.75 Å². The Balaban J connectivity index is 1.77. The fraction of sp³-hybridized carbons (Fsp3) is 0.308. The van der Waals surface area contributed by atoms with Crippen molar-refractivity contribution >= 4 is 0 Å². The van der Waals surface area contributed by atoms with Crippen molar-refractivity contribution in [3.8, 4) is 11.4 Å². The van der Waals surface area contributed by atoms with Crippen LogP contribution in [0.15, 0.2) is 42.7 Å². The Labute approximate surface area is 94.7 Å². The molecule has 3 rings (SSSR count). The maximum atomic E-state index is 5.77. The van der Waals surface area contributed by atoms with Crippen molar-refractivity contribution in [3.63, 3.8) is 0 Å². The molecule has 0 aliphatic heterocycles. The Morgan fingerprint density at radius 1 is 1.19 bits per heavy atom. The minimum absolute atomic E-state index is 0.411. The van der Waals surface area contributed by atoms with Crippen LogP contribution in [0.2, 0.25) is 0 Å². The molecule has 1 aromatic heterocycles. The predicted molar refractivity (Wildman–Crippen MR) is 61.8 cm³/mol. The molecule has 0 amide bonds. The number of aromatic nitrogens is 2. The van der Waals surface area contributed by atoms with Gasteiger partial charge in [0, 0.05) is 0 Å². The first-order valence-electron chi connectivity index (χ1n) is 5.68. The summed E-state index contributed by atoms with van der Waals surface area (Å²) in [7, 11) is 0. The Bertz CT molecular complexity index is 460. The molecular formula is C13H14N2O. The molecule has 1 aliphatic rings. The van der Waals surface area contributed by atoms with Crippen molar-refractivity contribution in [1.29, 1.82) is 0 Å². The molecule has 0 bridgehead atoms. The van der Waals surface area contributed by atoms with Gasteiger partial charge in [-0.25, -0.2) is 4.68 Å². The number of hydrogen-bond donors (Lipinski definition) is 0. The highest BCUT2D eigenvalue weighted by Gasteiger charge is 2.19. The molecule has 3 heteroatoms. The third kappa shape index (κ3) is 1.81. The molecule has 2 aromatic rings. The SMILES string of the molecule is c1ccc(-n2cc(OC3CCC3)cn2)cc1. The molecule has 0 atom stereocenters. The molecule has 82 valence electrons. The summed E-state index contributed by atoms with van der Waals surface area (Å²) in [4.78, 5) is 0. The number of nitrogens with zero attached hydrogens (tertiary/aromatic N) is 2. The van der Waals surface area contributed by atoms with Gasteiger partial charge in [-0.15, -0.1) is 0 Å². The average Bonchev–Trinajstić information content (AvgIpc) is 2.73. The lowest BCUT2D eigenvalue weighted by Crippen LogP contribution is -2.24. The van der Waals surface area contributed by atoms with Gasteiger partial charge >= 0.3 is 0 Å². The van der Waals surface area contributed by atoms with Gasteiger partial charge < -0.3 is 4.74 Å². The summed E-state index contributed by atoms with van der Waals surface area (Å²) < 4.78 is 7.61. The molecule has 16 heavy (non-hydrogen) atoms. The third-order valence-electron chi connectivity index (χ3n) is 2.93. The molecule has 3 nitrogen and oxygen atoms in total. The molecule has 1 aliphatic carbocycles. The first-order valence-corrected chi connectivity index (χ1v) is 5.68. The summed E-state index contributed by atoms with van der Waals surface area (Å²) in [5.74, 6) is 0.869. The average molecular weight is 214 g/mol. The Hall–Kier alpha value is -1.77. The topological polar surface area (TPSA) is 27.1 Å². The highest BCUT2D eigenvalue weighted by Crippen LogP contribution is 2.25. The summed E-state index contributed by atoms with van der Waals surface area (Å²) in [5, 5.41) is 4.29. The summed E-state index contributed by atoms with van der Waals surface area (Å²) in [6.45, 7) is 0. The van der Waals surface area contributed by atoms with Crippen LogP contribution in [-0.2, 0) is 0 Å². The lowest BCUT2D eigenvalue weighted by molar-refractivity contribution is 0.120. The smallest absolute Gasteiger partial charge is 0.158 e. The van der Waals surface area contributed by atoms with Crippen LogP contribution < -0.4 is 4.74 Å². The second-order valence-corrected chi connectivity index (χ2v) is 4.13. The number of rotatable bonds is 3. The van der Waals surface area contributed by atoms with Gasteiger partial charge in [0.25, 0.3) is 0 Å². The van der Waals surface area contributed by atoms with Gasteiger partial charge in [0.1, 0.15) is 0 Å². The molecule has 0 saturated heterocycles. The van der Waals surface area contributed by atoms with Gasteiger partial charge in [-0.05, 0) is 31.4 Å². The summed E-state index contributed by atoms with van der Waals surface area (Å²) in [6, 6.07) is 10.1. The van der Waals surface area contributed by atoms with Crippen LogP contribution in [0.4, 0.5) is 0 Å². The minimum atomic E-state index is 0.411. The molecule has 1 aromatic carbocycles. The summed E-state index contributed by atoms with van der Waals surface area (Å²) in [6.07, 6.45) is 7.78. The molecular weight excluding hydrogens is 200 g/mol.